The summed E-state index contributed by atoms with van der Waals surface area (Å²) in [6, 6.07) is 11.5. The molecule has 4 N–H and O–H groups in total. The third kappa shape index (κ3) is 5.28. The molecular weight excluding hydrogens is 452 g/mol. The van der Waals surface area contributed by atoms with Crippen LogP contribution in [0.5, 0.6) is 5.75 Å². The topological polar surface area (TPSA) is 105 Å². The Morgan fingerprint density at radius 3 is 2.62 bits per heavy atom. The van der Waals surface area contributed by atoms with E-state index in [1.807, 2.05) is 43.3 Å². The molecule has 1 heterocycles. The standard InChI is InChI=1S/C25H31ClN6O2/c1-32(2)23-17-6-4-5-7-21(17)30-25(31-23)29-16-10-8-15(9-11-16)14-28-24(33)18-12-19(26)20(27)13-22(18)34-3/h4-7,12-13,15-16H,8-11,14,27H2,1-3H3,(H,28,33)(H,29,30,31)/t15-,16+. The Kier molecular flexibility index (Phi) is 7.26. The minimum absolute atomic E-state index is 0.209. The van der Waals surface area contributed by atoms with Crippen molar-refractivity contribution in [3.8, 4) is 5.75 Å². The van der Waals surface area contributed by atoms with E-state index in [-0.39, 0.29) is 5.91 Å². The lowest BCUT2D eigenvalue weighted by molar-refractivity contribution is 0.0940. The third-order valence-electron chi connectivity index (χ3n) is 6.30. The van der Waals surface area contributed by atoms with Crippen LogP contribution in [0.1, 0.15) is 36.0 Å². The zero-order chi connectivity index (χ0) is 24.2. The fourth-order valence-corrected chi connectivity index (χ4v) is 4.57. The van der Waals surface area contributed by atoms with Gasteiger partial charge in [-0.05, 0) is 49.8 Å². The summed E-state index contributed by atoms with van der Waals surface area (Å²) < 4.78 is 5.29. The third-order valence-corrected chi connectivity index (χ3v) is 6.63. The lowest BCUT2D eigenvalue weighted by Gasteiger charge is -2.29. The number of nitrogens with two attached hydrogens (primary N) is 1. The van der Waals surface area contributed by atoms with Crippen molar-refractivity contribution in [2.24, 2.45) is 5.92 Å². The van der Waals surface area contributed by atoms with Crippen LogP contribution in [0, 0.1) is 5.92 Å². The van der Waals surface area contributed by atoms with Gasteiger partial charge in [0.15, 0.2) is 0 Å². The van der Waals surface area contributed by atoms with E-state index in [0.29, 0.717) is 46.5 Å². The number of amides is 1. The van der Waals surface area contributed by atoms with Crippen LogP contribution in [0.4, 0.5) is 17.5 Å². The largest absolute Gasteiger partial charge is 0.496 e. The summed E-state index contributed by atoms with van der Waals surface area (Å²) in [4.78, 5) is 24.2. The van der Waals surface area contributed by atoms with Gasteiger partial charge in [-0.2, -0.15) is 4.98 Å². The predicted molar refractivity (Wildman–Crippen MR) is 138 cm³/mol. The average molecular weight is 483 g/mol. The number of benzene rings is 2. The van der Waals surface area contributed by atoms with Gasteiger partial charge in [0.1, 0.15) is 11.6 Å². The summed E-state index contributed by atoms with van der Waals surface area (Å²) in [5.74, 6) is 2.18. The number of halogens is 1. The van der Waals surface area contributed by atoms with Crippen molar-refractivity contribution in [1.82, 2.24) is 15.3 Å². The second-order valence-electron chi connectivity index (χ2n) is 8.93. The van der Waals surface area contributed by atoms with Gasteiger partial charge in [0.05, 0.1) is 28.9 Å². The Morgan fingerprint density at radius 1 is 1.18 bits per heavy atom. The first kappa shape index (κ1) is 23.9. The van der Waals surface area contributed by atoms with Gasteiger partial charge in [0.25, 0.3) is 5.91 Å². The molecule has 3 aromatic rings. The van der Waals surface area contributed by atoms with Crippen molar-refractivity contribution in [2.45, 2.75) is 31.7 Å². The molecule has 0 saturated heterocycles. The Bertz CT molecular complexity index is 1180. The first-order chi connectivity index (χ1) is 16.4. The highest BCUT2D eigenvalue weighted by atomic mass is 35.5. The number of nitrogens with one attached hydrogen (secondary N) is 2. The Labute approximate surface area is 204 Å². The molecule has 9 heteroatoms. The van der Waals surface area contributed by atoms with Crippen LogP contribution < -0.4 is 26.0 Å². The number of hydrogen-bond donors (Lipinski definition) is 3. The smallest absolute Gasteiger partial charge is 0.255 e. The van der Waals surface area contributed by atoms with Gasteiger partial charge in [-0.1, -0.05) is 23.7 Å². The molecule has 0 radical (unpaired) electrons. The highest BCUT2D eigenvalue weighted by Crippen LogP contribution is 2.30. The zero-order valence-corrected chi connectivity index (χ0v) is 20.5. The molecular formula is C25H31ClN6O2. The molecule has 4 rings (SSSR count). The van der Waals surface area contributed by atoms with E-state index in [4.69, 9.17) is 32.0 Å². The van der Waals surface area contributed by atoms with Gasteiger partial charge >= 0.3 is 0 Å². The van der Waals surface area contributed by atoms with E-state index in [1.54, 1.807) is 12.1 Å². The average Bonchev–Trinajstić information content (AvgIpc) is 2.84. The molecule has 1 aliphatic rings. The van der Waals surface area contributed by atoms with E-state index in [1.165, 1.54) is 7.11 Å². The van der Waals surface area contributed by atoms with Gasteiger partial charge in [-0.25, -0.2) is 4.98 Å². The highest BCUT2D eigenvalue weighted by molar-refractivity contribution is 6.33. The molecule has 8 nitrogen and oxygen atoms in total. The molecule has 1 amide bonds. The molecule has 0 spiro atoms. The van der Waals surface area contributed by atoms with Crippen molar-refractivity contribution in [2.75, 3.05) is 43.7 Å². The number of carbonyl (C=O) groups is 1. The van der Waals surface area contributed by atoms with Crippen LogP contribution in [-0.4, -0.2) is 49.7 Å². The second kappa shape index (κ2) is 10.3. The van der Waals surface area contributed by atoms with Crippen LogP contribution in [0.2, 0.25) is 5.02 Å². The molecule has 34 heavy (non-hydrogen) atoms. The number of para-hydroxylation sites is 1. The van der Waals surface area contributed by atoms with Gasteiger partial charge in [-0.3, -0.25) is 4.79 Å². The summed E-state index contributed by atoms with van der Waals surface area (Å²) in [5, 5.41) is 7.93. The fourth-order valence-electron chi connectivity index (χ4n) is 4.41. The molecule has 1 aromatic heterocycles. The Morgan fingerprint density at radius 2 is 1.91 bits per heavy atom. The highest BCUT2D eigenvalue weighted by Gasteiger charge is 2.23. The second-order valence-corrected chi connectivity index (χ2v) is 9.34. The van der Waals surface area contributed by atoms with Crippen molar-refractivity contribution >= 4 is 45.9 Å². The lowest BCUT2D eigenvalue weighted by Crippen LogP contribution is -2.34. The van der Waals surface area contributed by atoms with Gasteiger partial charge in [0.2, 0.25) is 5.95 Å². The Hall–Kier alpha value is -3.26. The van der Waals surface area contributed by atoms with Crippen molar-refractivity contribution in [3.63, 3.8) is 0 Å². The molecule has 1 saturated carbocycles. The van der Waals surface area contributed by atoms with Gasteiger partial charge < -0.3 is 26.0 Å². The maximum Gasteiger partial charge on any atom is 0.255 e. The molecule has 180 valence electrons. The van der Waals surface area contributed by atoms with Gasteiger partial charge in [0, 0.05) is 38.1 Å². The van der Waals surface area contributed by atoms with Crippen LogP contribution in [-0.2, 0) is 0 Å². The maximum atomic E-state index is 12.7. The molecule has 0 bridgehead atoms. The van der Waals surface area contributed by atoms with E-state index < -0.39 is 0 Å². The zero-order valence-electron chi connectivity index (χ0n) is 19.8. The SMILES string of the molecule is COc1cc(N)c(Cl)cc1C(=O)NC[C@H]1CC[C@@H](Nc2nc(N(C)C)c3ccccc3n2)CC1. The first-order valence-corrected chi connectivity index (χ1v) is 11.9. The molecule has 0 unspecified atom stereocenters. The lowest BCUT2D eigenvalue weighted by atomic mass is 9.86. The minimum atomic E-state index is -0.209. The maximum absolute atomic E-state index is 12.7. The summed E-state index contributed by atoms with van der Waals surface area (Å²) in [6.45, 7) is 0.605. The number of rotatable bonds is 7. The van der Waals surface area contributed by atoms with E-state index in [2.05, 4.69) is 10.6 Å². The van der Waals surface area contributed by atoms with Crippen molar-refractivity contribution < 1.29 is 9.53 Å². The quantitative estimate of drug-likeness (QED) is 0.430. The number of hydrogen-bond acceptors (Lipinski definition) is 7. The number of fused-ring (bicyclic) bond motifs is 1. The number of nitrogen functional groups attached to an aromatic ring is 1. The molecule has 0 aliphatic heterocycles. The number of methoxy groups -OCH3 is 1. The molecule has 1 aliphatic carbocycles. The van der Waals surface area contributed by atoms with Gasteiger partial charge in [-0.15, -0.1) is 0 Å². The van der Waals surface area contributed by atoms with Crippen molar-refractivity contribution in [3.05, 3.63) is 47.0 Å². The summed E-state index contributed by atoms with van der Waals surface area (Å²) in [5.41, 5.74) is 7.52. The number of nitrogens with zero attached hydrogens (tertiary/aromatic N) is 3. The predicted octanol–water partition coefficient (Wildman–Crippen LogP) is 4.34. The molecule has 0 atom stereocenters. The van der Waals surface area contributed by atoms with Crippen molar-refractivity contribution in [1.29, 1.82) is 0 Å². The number of anilines is 3. The summed E-state index contributed by atoms with van der Waals surface area (Å²) in [6.07, 6.45) is 3.99. The first-order valence-electron chi connectivity index (χ1n) is 11.5. The van der Waals surface area contributed by atoms with E-state index >= 15 is 0 Å². The molecule has 2 aromatic carbocycles. The molecule has 1 fully saturated rings. The summed E-state index contributed by atoms with van der Waals surface area (Å²) >= 11 is 6.10. The minimum Gasteiger partial charge on any atom is -0.496 e. The normalized spacial score (nSPS) is 17.9. The van der Waals surface area contributed by atoms with E-state index in [0.717, 1.165) is 42.4 Å². The van der Waals surface area contributed by atoms with Crippen LogP contribution in [0.25, 0.3) is 10.9 Å². The van der Waals surface area contributed by atoms with Crippen LogP contribution >= 0.6 is 11.6 Å². The number of ether oxygens (including phenoxy) is 1. The fraction of sp³-hybridized carbons (Fsp3) is 0.400. The van der Waals surface area contributed by atoms with E-state index in [9.17, 15) is 4.79 Å². The Balaban J connectivity index is 1.33. The number of carbonyl (C=O) groups excluding carboxylic acids is 1. The van der Waals surface area contributed by atoms with Crippen LogP contribution in [0.15, 0.2) is 36.4 Å². The monoisotopic (exact) mass is 482 g/mol. The van der Waals surface area contributed by atoms with Crippen LogP contribution in [0.3, 0.4) is 0 Å². The summed E-state index contributed by atoms with van der Waals surface area (Å²) in [7, 11) is 5.49. The number of aromatic nitrogens is 2.